The summed E-state index contributed by atoms with van der Waals surface area (Å²) in [5.74, 6) is -0.128. The summed E-state index contributed by atoms with van der Waals surface area (Å²) in [6, 6.07) is 19.9. The molecule has 1 aliphatic heterocycles. The Labute approximate surface area is 206 Å². The van der Waals surface area contributed by atoms with E-state index in [1.54, 1.807) is 48.8 Å². The molecule has 35 heavy (non-hydrogen) atoms. The zero-order chi connectivity index (χ0) is 24.7. The predicted octanol–water partition coefficient (Wildman–Crippen LogP) is 2.59. The van der Waals surface area contributed by atoms with E-state index in [1.165, 1.54) is 7.11 Å². The topological polar surface area (TPSA) is 109 Å². The number of carbonyl (C=O) groups is 1. The molecule has 0 spiro atoms. The van der Waals surface area contributed by atoms with Crippen molar-refractivity contribution >= 4 is 15.9 Å². The van der Waals surface area contributed by atoms with Crippen molar-refractivity contribution in [2.45, 2.75) is 30.2 Å². The molecular formula is C26H30N4O4S. The van der Waals surface area contributed by atoms with E-state index in [2.05, 4.69) is 20.3 Å². The molecule has 9 heteroatoms. The van der Waals surface area contributed by atoms with Crippen LogP contribution in [0.2, 0.25) is 0 Å². The van der Waals surface area contributed by atoms with Crippen LogP contribution >= 0.6 is 0 Å². The van der Waals surface area contributed by atoms with Crippen LogP contribution in [0.5, 0.6) is 5.75 Å². The zero-order valence-electron chi connectivity index (χ0n) is 19.6. The van der Waals surface area contributed by atoms with E-state index in [-0.39, 0.29) is 12.1 Å². The molecule has 1 saturated heterocycles. The van der Waals surface area contributed by atoms with Crippen LogP contribution in [0.1, 0.15) is 34.3 Å². The van der Waals surface area contributed by atoms with Crippen LogP contribution < -0.4 is 20.1 Å². The highest BCUT2D eigenvalue weighted by Crippen LogP contribution is 2.39. The molecule has 1 amide bonds. The van der Waals surface area contributed by atoms with Gasteiger partial charge in [-0.15, -0.1) is 0 Å². The molecule has 1 unspecified atom stereocenters. The Bertz CT molecular complexity index is 1230. The Kier molecular flexibility index (Phi) is 7.80. The van der Waals surface area contributed by atoms with Crippen molar-refractivity contribution in [1.82, 2.24) is 20.3 Å². The fourth-order valence-corrected chi connectivity index (χ4v) is 6.42. The van der Waals surface area contributed by atoms with E-state index in [0.29, 0.717) is 31.7 Å². The third-order valence-electron chi connectivity index (χ3n) is 6.47. The number of amides is 1. The maximum absolute atomic E-state index is 13.9. The lowest BCUT2D eigenvalue weighted by Crippen LogP contribution is -2.60. The molecule has 2 heterocycles. The van der Waals surface area contributed by atoms with Gasteiger partial charge in [0.2, 0.25) is 10.0 Å². The molecule has 8 nitrogen and oxygen atoms in total. The van der Waals surface area contributed by atoms with Crippen LogP contribution in [0.25, 0.3) is 0 Å². The number of hydrogen-bond acceptors (Lipinski definition) is 6. The smallest absolute Gasteiger partial charge is 0.256 e. The SMILES string of the molecule is COc1ccccc1C(=O)NC(C1(c2ccccc2)CCNCC1)S(=O)(=O)NCc1cccnc1. The van der Waals surface area contributed by atoms with E-state index < -0.39 is 26.7 Å². The Morgan fingerprint density at radius 3 is 2.46 bits per heavy atom. The highest BCUT2D eigenvalue weighted by molar-refractivity contribution is 7.90. The minimum Gasteiger partial charge on any atom is -0.496 e. The highest BCUT2D eigenvalue weighted by Gasteiger charge is 2.49. The van der Waals surface area contributed by atoms with Crippen molar-refractivity contribution in [3.8, 4) is 5.75 Å². The molecule has 0 saturated carbocycles. The second-order valence-electron chi connectivity index (χ2n) is 8.55. The first-order valence-corrected chi connectivity index (χ1v) is 13.1. The van der Waals surface area contributed by atoms with Crippen LogP contribution in [0, 0.1) is 0 Å². The largest absolute Gasteiger partial charge is 0.496 e. The lowest BCUT2D eigenvalue weighted by atomic mass is 9.72. The lowest BCUT2D eigenvalue weighted by Gasteiger charge is -2.44. The average molecular weight is 495 g/mol. The van der Waals surface area contributed by atoms with Gasteiger partial charge in [0, 0.05) is 24.4 Å². The maximum atomic E-state index is 13.9. The van der Waals surface area contributed by atoms with E-state index in [4.69, 9.17) is 4.74 Å². The summed E-state index contributed by atoms with van der Waals surface area (Å²) in [7, 11) is -2.55. The Morgan fingerprint density at radius 1 is 1.06 bits per heavy atom. The van der Waals surface area contributed by atoms with Crippen molar-refractivity contribution in [3.63, 3.8) is 0 Å². The van der Waals surface area contributed by atoms with Gasteiger partial charge in [-0.3, -0.25) is 9.78 Å². The number of nitrogens with one attached hydrogen (secondary N) is 3. The fourth-order valence-electron chi connectivity index (χ4n) is 4.66. The number of carbonyl (C=O) groups excluding carboxylic acids is 1. The molecule has 2 aromatic carbocycles. The number of nitrogens with zero attached hydrogens (tertiary/aromatic N) is 1. The first-order chi connectivity index (χ1) is 17.0. The molecule has 0 radical (unpaired) electrons. The van der Waals surface area contributed by atoms with Crippen LogP contribution in [0.4, 0.5) is 0 Å². The molecular weight excluding hydrogens is 464 g/mol. The summed E-state index contributed by atoms with van der Waals surface area (Å²) < 4.78 is 35.9. The first kappa shape index (κ1) is 24.8. The molecule has 0 bridgehead atoms. The highest BCUT2D eigenvalue weighted by atomic mass is 32.2. The van der Waals surface area contributed by atoms with Crippen molar-refractivity contribution in [3.05, 3.63) is 95.8 Å². The monoisotopic (exact) mass is 494 g/mol. The van der Waals surface area contributed by atoms with Crippen molar-refractivity contribution < 1.29 is 17.9 Å². The third-order valence-corrected chi connectivity index (χ3v) is 8.21. The van der Waals surface area contributed by atoms with E-state index in [0.717, 1.165) is 11.1 Å². The molecule has 3 aromatic rings. The van der Waals surface area contributed by atoms with Gasteiger partial charge in [0.05, 0.1) is 12.7 Å². The Morgan fingerprint density at radius 2 is 1.77 bits per heavy atom. The molecule has 1 fully saturated rings. The minimum atomic E-state index is -4.03. The zero-order valence-corrected chi connectivity index (χ0v) is 20.4. The molecule has 1 aliphatic rings. The quantitative estimate of drug-likeness (QED) is 0.422. The van der Waals surface area contributed by atoms with Gasteiger partial charge in [0.15, 0.2) is 5.37 Å². The number of rotatable bonds is 9. The second-order valence-corrected chi connectivity index (χ2v) is 10.4. The minimum absolute atomic E-state index is 0.0698. The van der Waals surface area contributed by atoms with Gasteiger partial charge in [0.25, 0.3) is 5.91 Å². The van der Waals surface area contributed by atoms with Crippen molar-refractivity contribution in [2.24, 2.45) is 0 Å². The van der Waals surface area contributed by atoms with Crippen LogP contribution in [-0.4, -0.2) is 44.9 Å². The first-order valence-electron chi connectivity index (χ1n) is 11.5. The maximum Gasteiger partial charge on any atom is 0.256 e. The molecule has 1 aromatic heterocycles. The third kappa shape index (κ3) is 5.53. The van der Waals surface area contributed by atoms with Crippen LogP contribution in [0.15, 0.2) is 79.1 Å². The molecule has 0 aliphatic carbocycles. The number of sulfonamides is 1. The summed E-state index contributed by atoms with van der Waals surface area (Å²) in [6.45, 7) is 1.34. The molecule has 4 rings (SSSR count). The van der Waals surface area contributed by atoms with Gasteiger partial charge in [-0.1, -0.05) is 48.5 Å². The summed E-state index contributed by atoms with van der Waals surface area (Å²) in [4.78, 5) is 17.5. The molecule has 184 valence electrons. The molecule has 3 N–H and O–H groups in total. The molecule has 1 atom stereocenters. The van der Waals surface area contributed by atoms with Crippen molar-refractivity contribution in [2.75, 3.05) is 20.2 Å². The van der Waals surface area contributed by atoms with E-state index in [9.17, 15) is 13.2 Å². The number of benzene rings is 2. The van der Waals surface area contributed by atoms with Gasteiger partial charge in [-0.2, -0.15) is 0 Å². The van der Waals surface area contributed by atoms with Gasteiger partial charge >= 0.3 is 0 Å². The van der Waals surface area contributed by atoms with Gasteiger partial charge < -0.3 is 15.4 Å². The summed E-state index contributed by atoms with van der Waals surface area (Å²) in [5.41, 5.74) is 1.05. The Balaban J connectivity index is 1.75. The second kappa shape index (κ2) is 11.0. The standard InChI is InChI=1S/C26H30N4O4S/c1-34-23-12-6-5-11-22(23)24(31)30-25(35(32,33)29-19-20-8-7-15-28-18-20)26(13-16-27-17-14-26)21-9-3-2-4-10-21/h2-12,15,18,25,27,29H,13-14,16-17,19H2,1H3,(H,30,31). The number of piperidine rings is 1. The number of aromatic nitrogens is 1. The van der Waals surface area contributed by atoms with Gasteiger partial charge in [-0.25, -0.2) is 13.1 Å². The predicted molar refractivity (Wildman–Crippen MR) is 134 cm³/mol. The lowest BCUT2D eigenvalue weighted by molar-refractivity contribution is 0.0922. The fraction of sp³-hybridized carbons (Fsp3) is 0.308. The van der Waals surface area contributed by atoms with Gasteiger partial charge in [0.1, 0.15) is 5.75 Å². The Hall–Kier alpha value is -3.27. The number of para-hydroxylation sites is 1. The van der Waals surface area contributed by atoms with Gasteiger partial charge in [-0.05, 0) is 55.3 Å². The number of ether oxygens (including phenoxy) is 1. The average Bonchev–Trinajstić information content (AvgIpc) is 2.92. The van der Waals surface area contributed by atoms with Crippen molar-refractivity contribution in [1.29, 1.82) is 0 Å². The van der Waals surface area contributed by atoms with Crippen LogP contribution in [0.3, 0.4) is 0 Å². The summed E-state index contributed by atoms with van der Waals surface area (Å²) >= 11 is 0. The number of hydrogen-bond donors (Lipinski definition) is 3. The summed E-state index contributed by atoms with van der Waals surface area (Å²) in [6.07, 6.45) is 4.33. The van der Waals surface area contributed by atoms with E-state index in [1.807, 2.05) is 30.3 Å². The summed E-state index contributed by atoms with van der Waals surface area (Å²) in [5, 5.41) is 4.99. The normalized spacial score (nSPS) is 16.3. The number of methoxy groups -OCH3 is 1. The number of pyridine rings is 1. The van der Waals surface area contributed by atoms with Crippen LogP contribution in [-0.2, 0) is 22.0 Å². The van der Waals surface area contributed by atoms with E-state index >= 15 is 0 Å².